The van der Waals surface area contributed by atoms with Crippen LogP contribution in [0.1, 0.15) is 49.7 Å². The van der Waals surface area contributed by atoms with Gasteiger partial charge in [0.05, 0.1) is 0 Å². The van der Waals surface area contributed by atoms with Crippen LogP contribution in [0.4, 0.5) is 0 Å². The van der Waals surface area contributed by atoms with Gasteiger partial charge in [-0.2, -0.15) is 0 Å². The largest absolute Gasteiger partial charge is 0.0654 e. The summed E-state index contributed by atoms with van der Waals surface area (Å²) in [4.78, 5) is 0. The quantitative estimate of drug-likeness (QED) is 0.718. The number of hydrogen-bond donors (Lipinski definition) is 0. The van der Waals surface area contributed by atoms with Crippen LogP contribution in [0.25, 0.3) is 0 Å². The van der Waals surface area contributed by atoms with Crippen molar-refractivity contribution in [1.29, 1.82) is 0 Å². The maximum atomic E-state index is 3.55. The van der Waals surface area contributed by atoms with E-state index < -0.39 is 0 Å². The number of benzene rings is 1. The van der Waals surface area contributed by atoms with Crippen LogP contribution in [0.15, 0.2) is 22.7 Å². The van der Waals surface area contributed by atoms with E-state index in [1.807, 2.05) is 0 Å². The van der Waals surface area contributed by atoms with E-state index in [1.54, 1.807) is 11.1 Å². The molecule has 0 spiro atoms. The molecule has 1 aliphatic carbocycles. The number of aryl methyl sites for hydroxylation is 1. The molecule has 0 fully saturated rings. The topological polar surface area (TPSA) is 0 Å². The highest BCUT2D eigenvalue weighted by Crippen LogP contribution is 2.35. The first kappa shape index (κ1) is 10.2. The number of halogens is 1. The van der Waals surface area contributed by atoms with Crippen molar-refractivity contribution in [3.05, 3.63) is 33.8 Å². The minimum Gasteiger partial charge on any atom is -0.0654 e. The third-order valence-corrected chi connectivity index (χ3v) is 3.67. The van der Waals surface area contributed by atoms with Crippen molar-refractivity contribution in [2.75, 3.05) is 0 Å². The van der Waals surface area contributed by atoms with Gasteiger partial charge < -0.3 is 0 Å². The lowest BCUT2D eigenvalue weighted by Crippen LogP contribution is -2.09. The van der Waals surface area contributed by atoms with Crippen molar-refractivity contribution >= 4 is 15.9 Å². The first-order chi connectivity index (χ1) is 6.81. The van der Waals surface area contributed by atoms with Crippen LogP contribution in [0.3, 0.4) is 0 Å². The van der Waals surface area contributed by atoms with Crippen LogP contribution in [-0.4, -0.2) is 0 Å². The number of fused-ring (bicyclic) bond motifs is 1. The zero-order chi connectivity index (χ0) is 9.97. The Morgan fingerprint density at radius 3 is 3.07 bits per heavy atom. The van der Waals surface area contributed by atoms with Gasteiger partial charge in [0.25, 0.3) is 0 Å². The van der Waals surface area contributed by atoms with E-state index in [0.29, 0.717) is 0 Å². The third-order valence-electron chi connectivity index (χ3n) is 3.18. The minimum atomic E-state index is 0.830. The third kappa shape index (κ3) is 2.03. The van der Waals surface area contributed by atoms with Gasteiger partial charge in [0, 0.05) is 4.47 Å². The van der Waals surface area contributed by atoms with Gasteiger partial charge in [0.15, 0.2) is 0 Å². The summed E-state index contributed by atoms with van der Waals surface area (Å²) in [6, 6.07) is 6.81. The maximum absolute atomic E-state index is 3.55. The molecule has 76 valence electrons. The molecular formula is C13H17Br. The second-order valence-corrected chi connectivity index (χ2v) is 5.14. The summed E-state index contributed by atoms with van der Waals surface area (Å²) in [7, 11) is 0. The first-order valence-electron chi connectivity index (χ1n) is 5.59. The Balaban J connectivity index is 2.30. The molecule has 1 atom stereocenters. The fourth-order valence-electron chi connectivity index (χ4n) is 2.53. The molecule has 14 heavy (non-hydrogen) atoms. The molecule has 0 radical (unpaired) electrons. The lowest BCUT2D eigenvalue weighted by atomic mass is 9.81. The van der Waals surface area contributed by atoms with Gasteiger partial charge in [0.2, 0.25) is 0 Å². The van der Waals surface area contributed by atoms with Gasteiger partial charge in [-0.1, -0.05) is 35.3 Å². The molecular weight excluding hydrogens is 236 g/mol. The Morgan fingerprint density at radius 2 is 2.29 bits per heavy atom. The molecule has 0 bridgehead atoms. The summed E-state index contributed by atoms with van der Waals surface area (Å²) in [5, 5.41) is 0. The zero-order valence-corrected chi connectivity index (χ0v) is 10.3. The molecule has 1 aromatic carbocycles. The summed E-state index contributed by atoms with van der Waals surface area (Å²) in [6.07, 6.45) is 6.69. The molecule has 2 rings (SSSR count). The van der Waals surface area contributed by atoms with Crippen LogP contribution in [0.5, 0.6) is 0 Å². The van der Waals surface area contributed by atoms with E-state index in [1.165, 1.54) is 36.6 Å². The highest BCUT2D eigenvalue weighted by atomic mass is 79.9. The van der Waals surface area contributed by atoms with Gasteiger partial charge in [0.1, 0.15) is 0 Å². The van der Waals surface area contributed by atoms with Gasteiger partial charge >= 0.3 is 0 Å². The molecule has 1 aromatic rings. The maximum Gasteiger partial charge on any atom is 0.0178 e. The second kappa shape index (κ2) is 4.48. The van der Waals surface area contributed by atoms with E-state index in [2.05, 4.69) is 41.1 Å². The summed E-state index contributed by atoms with van der Waals surface area (Å²) in [5.41, 5.74) is 3.19. The number of hydrogen-bond acceptors (Lipinski definition) is 0. The van der Waals surface area contributed by atoms with E-state index in [0.717, 1.165) is 5.92 Å². The average Bonchev–Trinajstić information content (AvgIpc) is 2.18. The van der Waals surface area contributed by atoms with Crippen LogP contribution >= 0.6 is 15.9 Å². The molecule has 0 N–H and O–H groups in total. The molecule has 0 amide bonds. The Bertz CT molecular complexity index is 317. The molecule has 1 heteroatoms. The van der Waals surface area contributed by atoms with Crippen LogP contribution in [0, 0.1) is 0 Å². The minimum absolute atomic E-state index is 0.830. The molecule has 0 heterocycles. The van der Waals surface area contributed by atoms with Crippen molar-refractivity contribution in [3.8, 4) is 0 Å². The lowest BCUT2D eigenvalue weighted by Gasteiger charge is -2.25. The molecule has 0 saturated carbocycles. The second-order valence-electron chi connectivity index (χ2n) is 4.22. The van der Waals surface area contributed by atoms with E-state index in [9.17, 15) is 0 Å². The van der Waals surface area contributed by atoms with Crippen molar-refractivity contribution < 1.29 is 0 Å². The van der Waals surface area contributed by atoms with Crippen molar-refractivity contribution in [3.63, 3.8) is 0 Å². The van der Waals surface area contributed by atoms with Crippen LogP contribution in [0.2, 0.25) is 0 Å². The Morgan fingerprint density at radius 1 is 1.43 bits per heavy atom. The summed E-state index contributed by atoms with van der Waals surface area (Å²) in [5.74, 6) is 0.830. The van der Waals surface area contributed by atoms with Crippen LogP contribution in [-0.2, 0) is 6.42 Å². The normalized spacial score (nSPS) is 20.6. The fourth-order valence-corrected chi connectivity index (χ4v) is 2.94. The average molecular weight is 253 g/mol. The molecule has 0 aliphatic heterocycles. The zero-order valence-electron chi connectivity index (χ0n) is 8.72. The lowest BCUT2D eigenvalue weighted by molar-refractivity contribution is 0.515. The standard InChI is InChI=1S/C13H17Br/c1-2-4-10-5-3-6-11-9-12(14)7-8-13(10)11/h7-10H,2-6H2,1H3. The van der Waals surface area contributed by atoms with E-state index in [4.69, 9.17) is 0 Å². The predicted molar refractivity (Wildman–Crippen MR) is 64.7 cm³/mol. The fraction of sp³-hybridized carbons (Fsp3) is 0.538. The highest BCUT2D eigenvalue weighted by Gasteiger charge is 2.18. The monoisotopic (exact) mass is 252 g/mol. The van der Waals surface area contributed by atoms with Crippen molar-refractivity contribution in [2.45, 2.75) is 44.9 Å². The van der Waals surface area contributed by atoms with Gasteiger partial charge in [-0.05, 0) is 54.9 Å². The Hall–Kier alpha value is -0.300. The smallest absolute Gasteiger partial charge is 0.0178 e. The van der Waals surface area contributed by atoms with Crippen LogP contribution < -0.4 is 0 Å². The molecule has 1 unspecified atom stereocenters. The summed E-state index contributed by atoms with van der Waals surface area (Å²) < 4.78 is 1.23. The Kier molecular flexibility index (Phi) is 3.27. The van der Waals surface area contributed by atoms with Gasteiger partial charge in [-0.25, -0.2) is 0 Å². The summed E-state index contributed by atoms with van der Waals surface area (Å²) in [6.45, 7) is 2.28. The number of rotatable bonds is 2. The first-order valence-corrected chi connectivity index (χ1v) is 6.39. The Labute approximate surface area is 94.8 Å². The molecule has 0 nitrogen and oxygen atoms in total. The van der Waals surface area contributed by atoms with E-state index in [-0.39, 0.29) is 0 Å². The van der Waals surface area contributed by atoms with Crippen molar-refractivity contribution in [2.24, 2.45) is 0 Å². The predicted octanol–water partition coefficient (Wildman–Crippen LogP) is 4.67. The highest BCUT2D eigenvalue weighted by molar-refractivity contribution is 9.10. The van der Waals surface area contributed by atoms with Gasteiger partial charge in [-0.3, -0.25) is 0 Å². The van der Waals surface area contributed by atoms with E-state index >= 15 is 0 Å². The van der Waals surface area contributed by atoms with Gasteiger partial charge in [-0.15, -0.1) is 0 Å². The summed E-state index contributed by atoms with van der Waals surface area (Å²) >= 11 is 3.55. The SMILES string of the molecule is CCCC1CCCc2cc(Br)ccc21. The molecule has 0 aromatic heterocycles. The molecule has 1 aliphatic rings. The molecule has 0 saturated heterocycles. The van der Waals surface area contributed by atoms with Crippen molar-refractivity contribution in [1.82, 2.24) is 0 Å².